The number of amides is 1. The number of aromatic amines is 1. The lowest BCUT2D eigenvalue weighted by atomic mass is 9.91. The molecule has 1 fully saturated rings. The van der Waals surface area contributed by atoms with Crippen molar-refractivity contribution in [3.8, 4) is 28.1 Å². The second-order valence-electron chi connectivity index (χ2n) is 9.08. The van der Waals surface area contributed by atoms with Crippen molar-refractivity contribution in [3.63, 3.8) is 0 Å². The molecule has 1 amide bonds. The fourth-order valence-corrected chi connectivity index (χ4v) is 4.24. The van der Waals surface area contributed by atoms with E-state index in [2.05, 4.69) is 53.4 Å². The predicted octanol–water partition coefficient (Wildman–Crippen LogP) is 2.84. The van der Waals surface area contributed by atoms with Crippen LogP contribution in [0.4, 0.5) is 0 Å². The number of hydrogen-bond acceptors (Lipinski definition) is 6. The molecule has 3 N–H and O–H groups in total. The zero-order valence-corrected chi connectivity index (χ0v) is 17.6. The van der Waals surface area contributed by atoms with Gasteiger partial charge in [-0.2, -0.15) is 5.10 Å². The lowest BCUT2D eigenvalue weighted by Crippen LogP contribution is -2.67. The quantitative estimate of drug-likeness (QED) is 0.617. The monoisotopic (exact) mass is 406 g/mol. The summed E-state index contributed by atoms with van der Waals surface area (Å²) >= 11 is 0. The molecule has 0 atom stereocenters. The van der Waals surface area contributed by atoms with Crippen molar-refractivity contribution in [3.05, 3.63) is 48.4 Å². The van der Waals surface area contributed by atoms with Crippen molar-refractivity contribution in [1.29, 1.82) is 0 Å². The number of hydrogen-bond donors (Lipinski definition) is 3. The van der Waals surface area contributed by atoms with Crippen LogP contribution in [0.25, 0.3) is 22.4 Å². The molecule has 2 aromatic heterocycles. The average molecular weight is 406 g/mol. The maximum Gasteiger partial charge on any atom is 0.274 e. The number of carbonyl (C=O) groups excluding carboxylic acids is 1. The van der Waals surface area contributed by atoms with E-state index in [0.717, 1.165) is 11.1 Å². The van der Waals surface area contributed by atoms with Gasteiger partial charge in [0.1, 0.15) is 5.75 Å². The lowest BCUT2D eigenvalue weighted by molar-refractivity contribution is 0.0465. The van der Waals surface area contributed by atoms with E-state index in [1.165, 1.54) is 0 Å². The van der Waals surface area contributed by atoms with E-state index < -0.39 is 0 Å². The van der Waals surface area contributed by atoms with Gasteiger partial charge in [0, 0.05) is 41.5 Å². The van der Waals surface area contributed by atoms with Crippen molar-refractivity contribution in [2.75, 3.05) is 13.1 Å². The molecule has 0 aliphatic carbocycles. The van der Waals surface area contributed by atoms with E-state index in [-0.39, 0.29) is 22.7 Å². The molecule has 0 spiro atoms. The van der Waals surface area contributed by atoms with Crippen LogP contribution in [0, 0.1) is 0 Å². The third-order valence-corrected chi connectivity index (χ3v) is 5.13. The molecule has 1 aliphatic heterocycles. The lowest BCUT2D eigenvalue weighted by Gasteiger charge is -2.48. The molecule has 8 nitrogen and oxygen atoms in total. The summed E-state index contributed by atoms with van der Waals surface area (Å²) in [6, 6.07) is 8.70. The minimum Gasteiger partial charge on any atom is -0.507 e. The number of aromatic nitrogens is 4. The zero-order valence-electron chi connectivity index (χ0n) is 17.6. The Bertz CT molecular complexity index is 1040. The van der Waals surface area contributed by atoms with Gasteiger partial charge < -0.3 is 15.3 Å². The van der Waals surface area contributed by atoms with Gasteiger partial charge in [-0.05, 0) is 57.5 Å². The predicted molar refractivity (Wildman–Crippen MR) is 114 cm³/mol. The number of carbonyl (C=O) groups is 1. The third kappa shape index (κ3) is 4.04. The van der Waals surface area contributed by atoms with Gasteiger partial charge in [-0.1, -0.05) is 6.07 Å². The Morgan fingerprint density at radius 3 is 2.33 bits per heavy atom. The number of nitrogens with zero attached hydrogens (tertiary/aromatic N) is 4. The second-order valence-corrected chi connectivity index (χ2v) is 9.08. The van der Waals surface area contributed by atoms with Crippen LogP contribution >= 0.6 is 0 Å². The zero-order chi connectivity index (χ0) is 21.5. The van der Waals surface area contributed by atoms with Crippen molar-refractivity contribution < 1.29 is 9.90 Å². The standard InChI is InChI=1S/C22H26N6O2/c1-21(2)12-28(13-22(3,4)27-21)20(30)18-8-7-17(25-26-18)16-6-5-14(9-19(16)29)15-10-23-24-11-15/h5-11,27,29H,12-13H2,1-4H3,(H,23,24). The van der Waals surface area contributed by atoms with Gasteiger partial charge in [0.15, 0.2) is 5.69 Å². The fraction of sp³-hybridized carbons (Fsp3) is 0.364. The van der Waals surface area contributed by atoms with E-state index in [9.17, 15) is 9.90 Å². The normalized spacial score (nSPS) is 17.7. The Morgan fingerprint density at radius 1 is 1.03 bits per heavy atom. The molecule has 0 saturated carbocycles. The molecule has 1 saturated heterocycles. The molecule has 156 valence electrons. The van der Waals surface area contributed by atoms with E-state index in [4.69, 9.17) is 0 Å². The number of nitrogens with one attached hydrogen (secondary N) is 2. The average Bonchev–Trinajstić information content (AvgIpc) is 3.20. The first kappa shape index (κ1) is 20.0. The second kappa shape index (κ2) is 7.21. The van der Waals surface area contributed by atoms with Gasteiger partial charge in [0.25, 0.3) is 5.91 Å². The largest absolute Gasteiger partial charge is 0.507 e. The molecule has 3 aromatic rings. The van der Waals surface area contributed by atoms with Crippen LogP contribution in [0.2, 0.25) is 0 Å². The number of aromatic hydroxyl groups is 1. The maximum absolute atomic E-state index is 13.0. The van der Waals surface area contributed by atoms with Crippen LogP contribution in [0.5, 0.6) is 5.75 Å². The smallest absolute Gasteiger partial charge is 0.274 e. The minimum atomic E-state index is -0.187. The topological polar surface area (TPSA) is 107 Å². The summed E-state index contributed by atoms with van der Waals surface area (Å²) in [4.78, 5) is 14.8. The Balaban J connectivity index is 1.55. The van der Waals surface area contributed by atoms with E-state index in [1.807, 2.05) is 11.0 Å². The molecular weight excluding hydrogens is 380 g/mol. The Morgan fingerprint density at radius 2 is 1.77 bits per heavy atom. The molecule has 0 radical (unpaired) electrons. The van der Waals surface area contributed by atoms with Crippen LogP contribution in [0.15, 0.2) is 42.7 Å². The summed E-state index contributed by atoms with van der Waals surface area (Å²) in [6.45, 7) is 9.51. The summed E-state index contributed by atoms with van der Waals surface area (Å²) < 4.78 is 0. The van der Waals surface area contributed by atoms with Crippen LogP contribution in [0.1, 0.15) is 38.2 Å². The highest BCUT2D eigenvalue weighted by molar-refractivity contribution is 5.92. The molecule has 0 unspecified atom stereocenters. The van der Waals surface area contributed by atoms with E-state index in [1.54, 1.807) is 36.7 Å². The van der Waals surface area contributed by atoms with Gasteiger partial charge >= 0.3 is 0 Å². The summed E-state index contributed by atoms with van der Waals surface area (Å²) in [5.74, 6) is -0.0519. The molecule has 1 aromatic carbocycles. The number of benzene rings is 1. The van der Waals surface area contributed by atoms with Gasteiger partial charge in [-0.25, -0.2) is 0 Å². The van der Waals surface area contributed by atoms with Crippen LogP contribution in [-0.4, -0.2) is 60.5 Å². The first-order valence-corrected chi connectivity index (χ1v) is 9.88. The van der Waals surface area contributed by atoms with Crippen LogP contribution in [-0.2, 0) is 0 Å². The molecule has 0 bridgehead atoms. The SMILES string of the molecule is CC1(C)CN(C(=O)c2ccc(-c3ccc(-c4cn[nH]c4)cc3O)nn2)CC(C)(C)N1. The van der Waals surface area contributed by atoms with Gasteiger partial charge in [0.2, 0.25) is 0 Å². The van der Waals surface area contributed by atoms with E-state index in [0.29, 0.717) is 30.0 Å². The van der Waals surface area contributed by atoms with Crippen molar-refractivity contribution in [2.24, 2.45) is 0 Å². The molecule has 3 heterocycles. The molecule has 8 heteroatoms. The summed E-state index contributed by atoms with van der Waals surface area (Å²) in [5, 5.41) is 29.0. The minimum absolute atomic E-state index is 0.0904. The Kier molecular flexibility index (Phi) is 4.82. The van der Waals surface area contributed by atoms with Crippen molar-refractivity contribution >= 4 is 5.91 Å². The summed E-state index contributed by atoms with van der Waals surface area (Å²) in [5.41, 5.74) is 2.70. The highest BCUT2D eigenvalue weighted by Crippen LogP contribution is 2.32. The molecule has 4 rings (SSSR count). The van der Waals surface area contributed by atoms with Crippen molar-refractivity contribution in [1.82, 2.24) is 30.6 Å². The first-order chi connectivity index (χ1) is 14.1. The number of rotatable bonds is 3. The van der Waals surface area contributed by atoms with Crippen LogP contribution < -0.4 is 5.32 Å². The first-order valence-electron chi connectivity index (χ1n) is 9.88. The number of phenolic OH excluding ortho intramolecular Hbond substituents is 1. The van der Waals surface area contributed by atoms with E-state index >= 15 is 0 Å². The molecule has 30 heavy (non-hydrogen) atoms. The number of piperazine rings is 1. The van der Waals surface area contributed by atoms with Crippen molar-refractivity contribution in [2.45, 2.75) is 38.8 Å². The number of phenols is 1. The fourth-order valence-electron chi connectivity index (χ4n) is 4.24. The maximum atomic E-state index is 13.0. The summed E-state index contributed by atoms with van der Waals surface area (Å²) in [7, 11) is 0. The Labute approximate surface area is 175 Å². The highest BCUT2D eigenvalue weighted by atomic mass is 16.3. The van der Waals surface area contributed by atoms with Gasteiger partial charge in [0.05, 0.1) is 11.9 Å². The molecule has 1 aliphatic rings. The number of H-pyrrole nitrogens is 1. The highest BCUT2D eigenvalue weighted by Gasteiger charge is 2.38. The third-order valence-electron chi connectivity index (χ3n) is 5.13. The summed E-state index contributed by atoms with van der Waals surface area (Å²) in [6.07, 6.45) is 3.45. The van der Waals surface area contributed by atoms with Crippen LogP contribution in [0.3, 0.4) is 0 Å². The molecular formula is C22H26N6O2. The Hall–Kier alpha value is -3.26. The van der Waals surface area contributed by atoms with Gasteiger partial charge in [-0.3, -0.25) is 9.89 Å². The van der Waals surface area contributed by atoms with Gasteiger partial charge in [-0.15, -0.1) is 10.2 Å².